The Labute approximate surface area is 113 Å². The fraction of sp³-hybridized carbons (Fsp3) is 0.111. The summed E-state index contributed by atoms with van der Waals surface area (Å²) in [6.07, 6.45) is 0. The molecule has 0 saturated heterocycles. The van der Waals surface area contributed by atoms with Crippen LogP contribution in [-0.2, 0) is 8.54 Å². The average molecular weight is 305 g/mol. The van der Waals surface area contributed by atoms with Crippen molar-refractivity contribution in [2.24, 2.45) is 5.73 Å². The number of phenols is 1. The Morgan fingerprint density at radius 2 is 2.11 bits per heavy atom. The van der Waals surface area contributed by atoms with Crippen molar-refractivity contribution in [3.8, 4) is 5.75 Å². The van der Waals surface area contributed by atoms with Crippen LogP contribution in [0.25, 0.3) is 0 Å². The molecule has 1 aromatic carbocycles. The highest BCUT2D eigenvalue weighted by Gasteiger charge is 2.20. The number of hydrogen-bond acceptors (Lipinski definition) is 6. The maximum absolute atomic E-state index is 11.7. The molecule has 10 heteroatoms. The van der Waals surface area contributed by atoms with Crippen molar-refractivity contribution in [2.75, 3.05) is 0 Å². The smallest absolute Gasteiger partial charge is 0.507 e. The zero-order valence-electron chi connectivity index (χ0n) is 9.61. The Morgan fingerprint density at radius 1 is 1.47 bits per heavy atom. The second kappa shape index (κ2) is 6.48. The van der Waals surface area contributed by atoms with Gasteiger partial charge in [-0.15, -0.1) is 4.89 Å². The fourth-order valence-corrected chi connectivity index (χ4v) is 1.99. The summed E-state index contributed by atoms with van der Waals surface area (Å²) < 4.78 is 16.6. The van der Waals surface area contributed by atoms with Crippen molar-refractivity contribution in [3.05, 3.63) is 28.8 Å². The second-order valence-electron chi connectivity index (χ2n) is 3.32. The first kappa shape index (κ1) is 15.4. The minimum absolute atomic E-state index is 0.0795. The van der Waals surface area contributed by atoms with Gasteiger partial charge in [-0.1, -0.05) is 0 Å². The quantitative estimate of drug-likeness (QED) is 0.358. The molecule has 2 amide bonds. The second-order valence-corrected chi connectivity index (χ2v) is 4.77. The molecule has 0 aliphatic rings. The summed E-state index contributed by atoms with van der Waals surface area (Å²) >= 11 is 0.280. The third-order valence-corrected chi connectivity index (χ3v) is 3.25. The predicted molar refractivity (Wildman–Crippen MR) is 67.3 cm³/mol. The van der Waals surface area contributed by atoms with Gasteiger partial charge in [0.25, 0.3) is 11.8 Å². The SMILES string of the molecule is Cc1c(C(=O)NSO[P+](=O)O)ccc(O)c1C(N)=O. The van der Waals surface area contributed by atoms with Gasteiger partial charge in [0.1, 0.15) is 5.75 Å². The highest BCUT2D eigenvalue weighted by atomic mass is 32.2. The van der Waals surface area contributed by atoms with E-state index >= 15 is 0 Å². The van der Waals surface area contributed by atoms with Crippen LogP contribution in [0.5, 0.6) is 5.75 Å². The van der Waals surface area contributed by atoms with Crippen LogP contribution in [-0.4, -0.2) is 21.8 Å². The van der Waals surface area contributed by atoms with E-state index in [4.69, 9.17) is 10.6 Å². The molecule has 19 heavy (non-hydrogen) atoms. The molecular formula is C9H10N2O6PS+. The Balaban J connectivity index is 2.95. The lowest BCUT2D eigenvalue weighted by molar-refractivity contribution is 0.0982. The molecule has 0 spiro atoms. The monoisotopic (exact) mass is 305 g/mol. The number of rotatable bonds is 5. The summed E-state index contributed by atoms with van der Waals surface area (Å²) in [6, 6.07) is 2.44. The molecule has 5 N–H and O–H groups in total. The molecule has 0 heterocycles. The lowest BCUT2D eigenvalue weighted by Gasteiger charge is -2.09. The molecule has 1 unspecified atom stereocenters. The third kappa shape index (κ3) is 3.90. The third-order valence-electron chi connectivity index (χ3n) is 2.17. The highest BCUT2D eigenvalue weighted by Crippen LogP contribution is 2.25. The number of benzene rings is 1. The van der Waals surface area contributed by atoms with Crippen LogP contribution in [0.3, 0.4) is 0 Å². The van der Waals surface area contributed by atoms with Crippen molar-refractivity contribution in [2.45, 2.75) is 6.92 Å². The van der Waals surface area contributed by atoms with Gasteiger partial charge in [-0.3, -0.25) is 14.3 Å². The average Bonchev–Trinajstić information content (AvgIpc) is 2.27. The molecule has 0 aromatic heterocycles. The van der Waals surface area contributed by atoms with Gasteiger partial charge in [0.05, 0.1) is 5.56 Å². The number of aromatic hydroxyl groups is 1. The van der Waals surface area contributed by atoms with Gasteiger partial charge < -0.3 is 10.8 Å². The number of primary amides is 1. The lowest BCUT2D eigenvalue weighted by atomic mass is 10.0. The van der Waals surface area contributed by atoms with Crippen molar-refractivity contribution in [3.63, 3.8) is 0 Å². The van der Waals surface area contributed by atoms with Crippen LogP contribution in [0.4, 0.5) is 0 Å². The number of carbonyl (C=O) groups excluding carboxylic acids is 2. The molecule has 0 aliphatic heterocycles. The van der Waals surface area contributed by atoms with E-state index in [2.05, 4.69) is 8.69 Å². The van der Waals surface area contributed by atoms with E-state index in [1.807, 2.05) is 0 Å². The number of carbonyl (C=O) groups is 2. The molecule has 1 rings (SSSR count). The zero-order chi connectivity index (χ0) is 14.6. The summed E-state index contributed by atoms with van der Waals surface area (Å²) in [5.41, 5.74) is 5.20. The van der Waals surface area contributed by atoms with E-state index in [-0.39, 0.29) is 34.7 Å². The van der Waals surface area contributed by atoms with Gasteiger partial charge in [0, 0.05) is 10.1 Å². The van der Waals surface area contributed by atoms with Crippen molar-refractivity contribution in [1.29, 1.82) is 0 Å². The van der Waals surface area contributed by atoms with Crippen LogP contribution in [0.15, 0.2) is 12.1 Å². The van der Waals surface area contributed by atoms with E-state index in [1.165, 1.54) is 13.0 Å². The highest BCUT2D eigenvalue weighted by molar-refractivity contribution is 7.95. The topological polar surface area (TPSA) is 139 Å². The molecule has 0 saturated carbocycles. The van der Waals surface area contributed by atoms with Crippen LogP contribution in [0, 0.1) is 6.92 Å². The number of nitrogens with one attached hydrogen (secondary N) is 1. The van der Waals surface area contributed by atoms with Gasteiger partial charge in [-0.25, -0.2) is 0 Å². The first-order valence-corrected chi connectivity index (χ1v) is 6.64. The maximum atomic E-state index is 11.7. The lowest BCUT2D eigenvalue weighted by Crippen LogP contribution is -2.20. The maximum Gasteiger partial charge on any atom is 0.709 e. The number of nitrogens with two attached hydrogens (primary N) is 1. The van der Waals surface area contributed by atoms with Gasteiger partial charge in [0.15, 0.2) is 12.2 Å². The van der Waals surface area contributed by atoms with E-state index in [9.17, 15) is 19.3 Å². The zero-order valence-corrected chi connectivity index (χ0v) is 11.3. The van der Waals surface area contributed by atoms with Crippen molar-refractivity contribution >= 4 is 32.3 Å². The molecular weight excluding hydrogens is 295 g/mol. The predicted octanol–water partition coefficient (Wildman–Crippen LogP) is 0.759. The van der Waals surface area contributed by atoms with Crippen LogP contribution in [0.1, 0.15) is 26.3 Å². The molecule has 102 valence electrons. The molecule has 8 nitrogen and oxygen atoms in total. The summed E-state index contributed by atoms with van der Waals surface area (Å²) in [7, 11) is -2.85. The Hall–Kier alpha value is -1.67. The van der Waals surface area contributed by atoms with Gasteiger partial charge >= 0.3 is 8.25 Å². The van der Waals surface area contributed by atoms with Gasteiger partial charge in [-0.05, 0) is 28.6 Å². The summed E-state index contributed by atoms with van der Waals surface area (Å²) in [4.78, 5) is 31.2. The van der Waals surface area contributed by atoms with Gasteiger partial charge in [0.2, 0.25) is 0 Å². The first-order valence-electron chi connectivity index (χ1n) is 4.77. The standard InChI is InChI=1S/C9H9N2O6PS/c1-4-5(9(14)11-19-17-18(15)16)2-3-6(12)7(4)8(10)13/h2-3H,1H3,(H4-,10,11,12,13,14,15,16)/p+1. The fourth-order valence-electron chi connectivity index (χ4n) is 1.40. The van der Waals surface area contributed by atoms with E-state index < -0.39 is 20.1 Å². The molecule has 1 aromatic rings. The summed E-state index contributed by atoms with van der Waals surface area (Å²) in [5.74, 6) is -1.86. The minimum Gasteiger partial charge on any atom is -0.507 e. The van der Waals surface area contributed by atoms with E-state index in [0.29, 0.717) is 0 Å². The number of amides is 2. The molecule has 0 radical (unpaired) electrons. The van der Waals surface area contributed by atoms with E-state index in [0.717, 1.165) is 6.07 Å². The Morgan fingerprint density at radius 3 is 2.63 bits per heavy atom. The molecule has 0 aliphatic carbocycles. The summed E-state index contributed by atoms with van der Waals surface area (Å²) in [5, 5.41) is 9.48. The Bertz CT molecular complexity index is 550. The van der Waals surface area contributed by atoms with Gasteiger partial charge in [-0.2, -0.15) is 0 Å². The van der Waals surface area contributed by atoms with Crippen molar-refractivity contribution in [1.82, 2.24) is 4.72 Å². The molecule has 0 fully saturated rings. The van der Waals surface area contributed by atoms with E-state index in [1.54, 1.807) is 0 Å². The number of hydrogen-bond donors (Lipinski definition) is 4. The first-order chi connectivity index (χ1) is 8.84. The molecule has 1 atom stereocenters. The minimum atomic E-state index is -2.85. The molecule has 0 bridgehead atoms. The summed E-state index contributed by atoms with van der Waals surface area (Å²) in [6.45, 7) is 1.44. The largest absolute Gasteiger partial charge is 0.709 e. The van der Waals surface area contributed by atoms with Crippen molar-refractivity contribution < 1.29 is 28.1 Å². The van der Waals surface area contributed by atoms with Crippen LogP contribution >= 0.6 is 20.5 Å². The van der Waals surface area contributed by atoms with Crippen LogP contribution < -0.4 is 10.5 Å². The van der Waals surface area contributed by atoms with Crippen LogP contribution in [0.2, 0.25) is 0 Å². The normalized spacial score (nSPS) is 10.9. The Kier molecular flexibility index (Phi) is 5.25.